The Hall–Kier alpha value is -0.940. The van der Waals surface area contributed by atoms with Crippen molar-refractivity contribution in [2.24, 2.45) is 0 Å². The quantitative estimate of drug-likeness (QED) is 0.750. The van der Waals surface area contributed by atoms with Crippen molar-refractivity contribution in [3.8, 4) is 0 Å². The summed E-state index contributed by atoms with van der Waals surface area (Å²) in [7, 11) is 0. The Labute approximate surface area is 108 Å². The molecule has 0 bridgehead atoms. The van der Waals surface area contributed by atoms with Gasteiger partial charge in [0.1, 0.15) is 0 Å². The number of nitrogens with zero attached hydrogens (tertiary/aromatic N) is 2. The molecule has 1 unspecified atom stereocenters. The van der Waals surface area contributed by atoms with Crippen molar-refractivity contribution in [1.82, 2.24) is 15.5 Å². The van der Waals surface area contributed by atoms with Gasteiger partial charge in [-0.25, -0.2) is 0 Å². The zero-order valence-electron chi connectivity index (χ0n) is 11.2. The van der Waals surface area contributed by atoms with Crippen molar-refractivity contribution >= 4 is 0 Å². The van der Waals surface area contributed by atoms with Crippen LogP contribution in [0.25, 0.3) is 0 Å². The molecule has 1 aromatic heterocycles. The van der Waals surface area contributed by atoms with Gasteiger partial charge in [0.2, 0.25) is 11.8 Å². The molecule has 0 aromatic carbocycles. The topological polar surface area (TPSA) is 60.2 Å². The predicted octanol–water partition coefficient (Wildman–Crippen LogP) is 1.72. The first-order valence-corrected chi connectivity index (χ1v) is 7.02. The zero-order valence-corrected chi connectivity index (χ0v) is 11.2. The van der Waals surface area contributed by atoms with E-state index in [1.54, 1.807) is 0 Å². The van der Waals surface area contributed by atoms with Gasteiger partial charge in [-0.2, -0.15) is 0 Å². The second-order valence-electron chi connectivity index (χ2n) is 4.74. The van der Waals surface area contributed by atoms with E-state index >= 15 is 0 Å². The largest absolute Gasteiger partial charge is 0.425 e. The lowest BCUT2D eigenvalue weighted by molar-refractivity contribution is 0.0130. The molecule has 2 heterocycles. The van der Waals surface area contributed by atoms with Crippen LogP contribution in [-0.4, -0.2) is 36.0 Å². The summed E-state index contributed by atoms with van der Waals surface area (Å²) in [6.45, 7) is 4.98. The maximum Gasteiger partial charge on any atom is 0.219 e. The van der Waals surface area contributed by atoms with Gasteiger partial charge in [-0.05, 0) is 38.8 Å². The van der Waals surface area contributed by atoms with E-state index in [0.29, 0.717) is 0 Å². The van der Waals surface area contributed by atoms with Crippen LogP contribution in [0.3, 0.4) is 0 Å². The molecule has 5 nitrogen and oxygen atoms in total. The summed E-state index contributed by atoms with van der Waals surface area (Å²) in [4.78, 5) is 0. The molecule has 1 atom stereocenters. The summed E-state index contributed by atoms with van der Waals surface area (Å²) < 4.78 is 11.3. The number of aryl methyl sites for hydroxylation is 1. The summed E-state index contributed by atoms with van der Waals surface area (Å²) in [5.74, 6) is 1.47. The molecule has 0 spiro atoms. The highest BCUT2D eigenvalue weighted by atomic mass is 16.5. The van der Waals surface area contributed by atoms with Crippen LogP contribution in [0.4, 0.5) is 0 Å². The summed E-state index contributed by atoms with van der Waals surface area (Å²) >= 11 is 0. The molecular formula is C13H23N3O2. The number of hydrogen-bond acceptors (Lipinski definition) is 5. The van der Waals surface area contributed by atoms with Gasteiger partial charge in [0, 0.05) is 13.0 Å². The normalized spacial score (nSPS) is 20.2. The van der Waals surface area contributed by atoms with Crippen LogP contribution in [0.2, 0.25) is 0 Å². The summed E-state index contributed by atoms with van der Waals surface area (Å²) in [5.41, 5.74) is 0. The summed E-state index contributed by atoms with van der Waals surface area (Å²) in [5, 5.41) is 11.5. The smallest absolute Gasteiger partial charge is 0.219 e. The first-order chi connectivity index (χ1) is 8.88. The van der Waals surface area contributed by atoms with E-state index in [4.69, 9.17) is 9.15 Å². The lowest BCUT2D eigenvalue weighted by atomic mass is 10.1. The van der Waals surface area contributed by atoms with Gasteiger partial charge in [0.25, 0.3) is 0 Å². The molecule has 0 aliphatic carbocycles. The minimum absolute atomic E-state index is 0.272. The molecule has 1 aliphatic rings. The third-order valence-corrected chi connectivity index (χ3v) is 3.18. The Morgan fingerprint density at radius 2 is 2.17 bits per heavy atom. The minimum atomic E-state index is 0.272. The van der Waals surface area contributed by atoms with E-state index in [1.165, 1.54) is 12.8 Å². The average molecular weight is 253 g/mol. The third kappa shape index (κ3) is 4.38. The van der Waals surface area contributed by atoms with Crippen molar-refractivity contribution in [3.63, 3.8) is 0 Å². The van der Waals surface area contributed by atoms with Gasteiger partial charge in [0.15, 0.2) is 0 Å². The third-order valence-electron chi connectivity index (χ3n) is 3.18. The van der Waals surface area contributed by atoms with E-state index in [1.807, 2.05) is 0 Å². The van der Waals surface area contributed by atoms with Crippen molar-refractivity contribution in [2.45, 2.75) is 51.6 Å². The first-order valence-electron chi connectivity index (χ1n) is 7.02. The Bertz CT molecular complexity index is 335. The van der Waals surface area contributed by atoms with Gasteiger partial charge in [0.05, 0.1) is 12.5 Å². The Morgan fingerprint density at radius 1 is 1.28 bits per heavy atom. The predicted molar refractivity (Wildman–Crippen MR) is 68.5 cm³/mol. The standard InChI is InChI=1S/C13H23N3O2/c1-2-14-8-5-7-12-15-16-13(18-12)10-11-6-3-4-9-17-11/h11,14H,2-10H2,1H3. The van der Waals surface area contributed by atoms with E-state index in [2.05, 4.69) is 22.4 Å². The molecule has 1 N–H and O–H groups in total. The van der Waals surface area contributed by atoms with Crippen molar-refractivity contribution in [2.75, 3.05) is 19.7 Å². The summed E-state index contributed by atoms with van der Waals surface area (Å²) in [6.07, 6.45) is 6.46. The van der Waals surface area contributed by atoms with Crippen molar-refractivity contribution in [3.05, 3.63) is 11.8 Å². The van der Waals surface area contributed by atoms with E-state index in [9.17, 15) is 0 Å². The monoisotopic (exact) mass is 253 g/mol. The SMILES string of the molecule is CCNCCCc1nnc(CC2CCCCO2)o1. The van der Waals surface area contributed by atoms with Crippen LogP contribution < -0.4 is 5.32 Å². The first kappa shape index (κ1) is 13.5. The lowest BCUT2D eigenvalue weighted by Crippen LogP contribution is -2.21. The molecule has 1 aliphatic heterocycles. The second-order valence-corrected chi connectivity index (χ2v) is 4.74. The Morgan fingerprint density at radius 3 is 2.94 bits per heavy atom. The van der Waals surface area contributed by atoms with Gasteiger partial charge < -0.3 is 14.5 Å². The Balaban J connectivity index is 1.71. The Kier molecular flexibility index (Phi) is 5.61. The van der Waals surface area contributed by atoms with Gasteiger partial charge in [-0.1, -0.05) is 6.92 Å². The molecule has 1 fully saturated rings. The number of aromatic nitrogens is 2. The number of ether oxygens (including phenoxy) is 1. The number of rotatable bonds is 7. The van der Waals surface area contributed by atoms with Gasteiger partial charge >= 0.3 is 0 Å². The maximum atomic E-state index is 5.67. The minimum Gasteiger partial charge on any atom is -0.425 e. The van der Waals surface area contributed by atoms with Crippen molar-refractivity contribution < 1.29 is 9.15 Å². The molecule has 1 aromatic rings. The van der Waals surface area contributed by atoms with Crippen LogP contribution in [0.5, 0.6) is 0 Å². The van der Waals surface area contributed by atoms with E-state index in [0.717, 1.165) is 57.2 Å². The molecule has 0 amide bonds. The highest BCUT2D eigenvalue weighted by Gasteiger charge is 2.17. The number of nitrogens with one attached hydrogen (secondary N) is 1. The molecule has 0 saturated carbocycles. The van der Waals surface area contributed by atoms with Crippen LogP contribution in [0.1, 0.15) is 44.4 Å². The fraction of sp³-hybridized carbons (Fsp3) is 0.846. The fourth-order valence-corrected chi connectivity index (χ4v) is 2.18. The zero-order chi connectivity index (χ0) is 12.6. The van der Waals surface area contributed by atoms with Crippen LogP contribution in [-0.2, 0) is 17.6 Å². The van der Waals surface area contributed by atoms with Crippen LogP contribution in [0.15, 0.2) is 4.42 Å². The van der Waals surface area contributed by atoms with Crippen LogP contribution in [0, 0.1) is 0 Å². The highest BCUT2D eigenvalue weighted by Crippen LogP contribution is 2.16. The molecule has 18 heavy (non-hydrogen) atoms. The fourth-order valence-electron chi connectivity index (χ4n) is 2.18. The van der Waals surface area contributed by atoms with Crippen LogP contribution >= 0.6 is 0 Å². The lowest BCUT2D eigenvalue weighted by Gasteiger charge is -2.20. The molecular weight excluding hydrogens is 230 g/mol. The van der Waals surface area contributed by atoms with Gasteiger partial charge in [-0.15, -0.1) is 10.2 Å². The molecule has 0 radical (unpaired) electrons. The molecule has 5 heteroatoms. The van der Waals surface area contributed by atoms with Gasteiger partial charge in [-0.3, -0.25) is 0 Å². The molecule has 2 rings (SSSR count). The highest BCUT2D eigenvalue weighted by molar-refractivity contribution is 4.85. The van der Waals surface area contributed by atoms with Crippen molar-refractivity contribution in [1.29, 1.82) is 0 Å². The average Bonchev–Trinajstić information content (AvgIpc) is 2.84. The number of hydrogen-bond donors (Lipinski definition) is 1. The second kappa shape index (κ2) is 7.48. The maximum absolute atomic E-state index is 5.67. The van der Waals surface area contributed by atoms with E-state index in [-0.39, 0.29) is 6.10 Å². The van der Waals surface area contributed by atoms with E-state index < -0.39 is 0 Å². The summed E-state index contributed by atoms with van der Waals surface area (Å²) in [6, 6.07) is 0. The molecule has 102 valence electrons. The molecule has 1 saturated heterocycles.